The summed E-state index contributed by atoms with van der Waals surface area (Å²) in [6.07, 6.45) is 0. The van der Waals surface area contributed by atoms with Gasteiger partial charge >= 0.3 is 0 Å². The Bertz CT molecular complexity index is 709. The summed E-state index contributed by atoms with van der Waals surface area (Å²) in [5, 5.41) is 7.20. The van der Waals surface area contributed by atoms with Crippen LogP contribution in [0.25, 0.3) is 10.1 Å². The van der Waals surface area contributed by atoms with Crippen molar-refractivity contribution in [2.75, 3.05) is 6.54 Å². The maximum Gasteiger partial charge on any atom is 0.0961 e. The van der Waals surface area contributed by atoms with E-state index in [2.05, 4.69) is 54.9 Å². The molecule has 0 amide bonds. The van der Waals surface area contributed by atoms with E-state index in [1.54, 1.807) is 22.7 Å². The summed E-state index contributed by atoms with van der Waals surface area (Å²) in [7, 11) is 0. The third-order valence-electron chi connectivity index (χ3n) is 3.39. The second-order valence-corrected chi connectivity index (χ2v) is 7.38. The van der Waals surface area contributed by atoms with Gasteiger partial charge in [-0.25, -0.2) is 0 Å². The second kappa shape index (κ2) is 5.86. The highest BCUT2D eigenvalue weighted by atomic mass is 35.5. The molecule has 0 fully saturated rings. The molecule has 0 radical (unpaired) electrons. The van der Waals surface area contributed by atoms with Gasteiger partial charge in [0.15, 0.2) is 0 Å². The number of aryl methyl sites for hydroxylation is 1. The molecule has 3 aromatic rings. The summed E-state index contributed by atoms with van der Waals surface area (Å²) < 4.78 is 2.23. The molecule has 0 bridgehead atoms. The molecule has 1 unspecified atom stereocenters. The monoisotopic (exact) mass is 321 g/mol. The maximum atomic E-state index is 6.25. The van der Waals surface area contributed by atoms with Crippen LogP contribution in [0.2, 0.25) is 4.34 Å². The van der Waals surface area contributed by atoms with Crippen molar-refractivity contribution in [1.82, 2.24) is 5.32 Å². The number of hydrogen-bond acceptors (Lipinski definition) is 3. The number of nitrogens with one attached hydrogen (secondary N) is 1. The first-order valence-electron chi connectivity index (χ1n) is 6.66. The molecule has 3 rings (SSSR count). The number of rotatable bonds is 4. The van der Waals surface area contributed by atoms with Gasteiger partial charge in [0.2, 0.25) is 0 Å². The summed E-state index contributed by atoms with van der Waals surface area (Å²) in [4.78, 5) is 1.29. The largest absolute Gasteiger partial charge is 0.306 e. The van der Waals surface area contributed by atoms with E-state index in [9.17, 15) is 0 Å². The van der Waals surface area contributed by atoms with Crippen LogP contribution < -0.4 is 5.32 Å². The Morgan fingerprint density at radius 1 is 1.30 bits per heavy atom. The average Bonchev–Trinajstić information content (AvgIpc) is 3.01. The van der Waals surface area contributed by atoms with Gasteiger partial charge in [0.05, 0.1) is 10.4 Å². The molecular formula is C16H16ClNS2. The molecule has 20 heavy (non-hydrogen) atoms. The Kier molecular flexibility index (Phi) is 4.13. The fraction of sp³-hybridized carbons (Fsp3) is 0.250. The smallest absolute Gasteiger partial charge is 0.0961 e. The van der Waals surface area contributed by atoms with Crippen molar-refractivity contribution in [3.05, 3.63) is 56.1 Å². The van der Waals surface area contributed by atoms with Crippen molar-refractivity contribution in [3.8, 4) is 0 Å². The van der Waals surface area contributed by atoms with Gasteiger partial charge in [-0.3, -0.25) is 0 Å². The van der Waals surface area contributed by atoms with Crippen molar-refractivity contribution in [2.45, 2.75) is 19.9 Å². The van der Waals surface area contributed by atoms with Crippen molar-refractivity contribution in [1.29, 1.82) is 0 Å². The van der Waals surface area contributed by atoms with Crippen LogP contribution in [0.15, 0.2) is 35.7 Å². The molecule has 0 aliphatic heterocycles. The normalized spacial score (nSPS) is 12.9. The molecule has 0 saturated carbocycles. The number of hydrogen-bond donors (Lipinski definition) is 1. The Balaban J connectivity index is 2.10. The molecule has 1 aromatic carbocycles. The minimum Gasteiger partial charge on any atom is -0.306 e. The Morgan fingerprint density at radius 2 is 2.10 bits per heavy atom. The Labute approximate surface area is 132 Å². The Morgan fingerprint density at radius 3 is 2.80 bits per heavy atom. The van der Waals surface area contributed by atoms with Crippen LogP contribution >= 0.6 is 34.3 Å². The van der Waals surface area contributed by atoms with Crippen molar-refractivity contribution >= 4 is 44.4 Å². The van der Waals surface area contributed by atoms with Crippen LogP contribution in [0.1, 0.15) is 29.0 Å². The molecule has 0 spiro atoms. The predicted octanol–water partition coefficient (Wildman–Crippen LogP) is 5.62. The fourth-order valence-electron chi connectivity index (χ4n) is 2.42. The third kappa shape index (κ3) is 2.51. The lowest BCUT2D eigenvalue weighted by Gasteiger charge is -2.16. The van der Waals surface area contributed by atoms with Gasteiger partial charge in [-0.15, -0.1) is 22.7 Å². The molecule has 104 valence electrons. The molecule has 1 atom stereocenters. The fourth-order valence-corrected chi connectivity index (χ4v) is 4.72. The van der Waals surface area contributed by atoms with Crippen LogP contribution in [0.3, 0.4) is 0 Å². The summed E-state index contributed by atoms with van der Waals surface area (Å²) in [5.74, 6) is 0. The van der Waals surface area contributed by atoms with Crippen molar-refractivity contribution in [3.63, 3.8) is 0 Å². The Hall–Kier alpha value is -0.870. The van der Waals surface area contributed by atoms with Gasteiger partial charge in [0, 0.05) is 9.58 Å². The number of thiophene rings is 2. The van der Waals surface area contributed by atoms with E-state index in [0.717, 1.165) is 16.4 Å². The van der Waals surface area contributed by atoms with Gasteiger partial charge in [-0.2, -0.15) is 0 Å². The quantitative estimate of drug-likeness (QED) is 0.657. The topological polar surface area (TPSA) is 12.0 Å². The van der Waals surface area contributed by atoms with Gasteiger partial charge in [0.25, 0.3) is 0 Å². The molecule has 0 aliphatic rings. The average molecular weight is 322 g/mol. The van der Waals surface area contributed by atoms with Gasteiger partial charge in [0.1, 0.15) is 0 Å². The molecule has 2 heterocycles. The van der Waals surface area contributed by atoms with Gasteiger partial charge in [-0.05, 0) is 47.5 Å². The summed E-state index contributed by atoms with van der Waals surface area (Å²) in [5.41, 5.74) is 2.51. The highest BCUT2D eigenvalue weighted by Gasteiger charge is 2.19. The highest BCUT2D eigenvalue weighted by molar-refractivity contribution is 7.17. The lowest BCUT2D eigenvalue weighted by Crippen LogP contribution is -2.20. The van der Waals surface area contributed by atoms with Crippen LogP contribution in [0.5, 0.6) is 0 Å². The number of halogens is 1. The predicted molar refractivity (Wildman–Crippen MR) is 91.4 cm³/mol. The molecule has 0 saturated heterocycles. The van der Waals surface area contributed by atoms with Gasteiger partial charge in [-0.1, -0.05) is 36.7 Å². The van der Waals surface area contributed by atoms with Crippen LogP contribution in [0.4, 0.5) is 0 Å². The number of benzene rings is 1. The van der Waals surface area contributed by atoms with Crippen molar-refractivity contribution < 1.29 is 0 Å². The lowest BCUT2D eigenvalue weighted by molar-refractivity contribution is 0.644. The van der Waals surface area contributed by atoms with E-state index in [1.807, 2.05) is 0 Å². The summed E-state index contributed by atoms with van der Waals surface area (Å²) >= 11 is 9.73. The van der Waals surface area contributed by atoms with E-state index < -0.39 is 0 Å². The molecule has 1 nitrogen and oxygen atoms in total. The summed E-state index contributed by atoms with van der Waals surface area (Å²) in [6, 6.07) is 11.0. The van der Waals surface area contributed by atoms with E-state index in [4.69, 9.17) is 11.6 Å². The molecule has 0 aliphatic carbocycles. The van der Waals surface area contributed by atoms with E-state index in [-0.39, 0.29) is 6.04 Å². The minimum absolute atomic E-state index is 0.229. The first kappa shape index (κ1) is 14.1. The van der Waals surface area contributed by atoms with Crippen molar-refractivity contribution in [2.24, 2.45) is 0 Å². The SMILES string of the molecule is CCNC(c1cc(C)c(Cl)s1)c1csc2ccccc12. The van der Waals surface area contributed by atoms with E-state index in [1.165, 1.54) is 20.5 Å². The molecule has 2 aromatic heterocycles. The standard InChI is InChI=1S/C16H16ClNS2/c1-3-18-15(14-8-10(2)16(17)20-14)12-9-19-13-7-5-4-6-11(12)13/h4-9,15,18H,3H2,1-2H3. The minimum atomic E-state index is 0.229. The lowest BCUT2D eigenvalue weighted by atomic mass is 10.0. The molecular weight excluding hydrogens is 306 g/mol. The third-order valence-corrected chi connectivity index (χ3v) is 5.99. The van der Waals surface area contributed by atoms with Crippen LogP contribution in [-0.2, 0) is 0 Å². The van der Waals surface area contributed by atoms with E-state index >= 15 is 0 Å². The van der Waals surface area contributed by atoms with Crippen LogP contribution in [0, 0.1) is 6.92 Å². The zero-order valence-electron chi connectivity index (χ0n) is 11.4. The van der Waals surface area contributed by atoms with E-state index in [0.29, 0.717) is 0 Å². The zero-order valence-corrected chi connectivity index (χ0v) is 13.8. The summed E-state index contributed by atoms with van der Waals surface area (Å²) in [6.45, 7) is 5.14. The van der Waals surface area contributed by atoms with Crippen LogP contribution in [-0.4, -0.2) is 6.54 Å². The molecule has 1 N–H and O–H groups in total. The molecule has 4 heteroatoms. The number of fused-ring (bicyclic) bond motifs is 1. The van der Waals surface area contributed by atoms with Gasteiger partial charge < -0.3 is 5.32 Å². The first-order chi connectivity index (χ1) is 9.70. The maximum absolute atomic E-state index is 6.25. The first-order valence-corrected chi connectivity index (χ1v) is 8.73. The highest BCUT2D eigenvalue weighted by Crippen LogP contribution is 2.38. The zero-order chi connectivity index (χ0) is 14.1. The second-order valence-electron chi connectivity index (χ2n) is 4.78.